The monoisotopic (exact) mass is 267 g/mol. The number of hydrogen-bond acceptors (Lipinski definition) is 3. The fourth-order valence-corrected chi connectivity index (χ4v) is 2.30. The highest BCUT2D eigenvalue weighted by molar-refractivity contribution is 5.62. The highest BCUT2D eigenvalue weighted by Gasteiger charge is 2.21. The lowest BCUT2D eigenvalue weighted by Crippen LogP contribution is -2.19. The van der Waals surface area contributed by atoms with Crippen LogP contribution >= 0.6 is 0 Å². The highest BCUT2D eigenvalue weighted by atomic mass is 15.2. The summed E-state index contributed by atoms with van der Waals surface area (Å²) in [6, 6.07) is 13.4. The van der Waals surface area contributed by atoms with E-state index in [2.05, 4.69) is 59.5 Å². The minimum absolute atomic E-state index is 0.715. The molecule has 0 atom stereocenters. The predicted octanol–water partition coefficient (Wildman–Crippen LogP) is 3.41. The maximum absolute atomic E-state index is 4.56. The number of aryl methyl sites for hydroxylation is 1. The lowest BCUT2D eigenvalue weighted by molar-refractivity contribution is 0.685. The van der Waals surface area contributed by atoms with Crippen LogP contribution in [0.1, 0.15) is 24.0 Å². The van der Waals surface area contributed by atoms with Crippen LogP contribution in [-0.4, -0.2) is 18.1 Å². The van der Waals surface area contributed by atoms with E-state index in [1.54, 1.807) is 0 Å². The normalized spacial score (nSPS) is 14.3. The van der Waals surface area contributed by atoms with E-state index >= 15 is 0 Å². The Hall–Kier alpha value is -1.87. The highest BCUT2D eigenvalue weighted by Crippen LogP contribution is 2.26. The van der Waals surface area contributed by atoms with E-state index in [9.17, 15) is 0 Å². The molecule has 1 aromatic carbocycles. The largest absolute Gasteiger partial charge is 0.329 e. The molecule has 1 aromatic heterocycles. The van der Waals surface area contributed by atoms with Crippen LogP contribution in [0.2, 0.25) is 0 Å². The van der Waals surface area contributed by atoms with Gasteiger partial charge in [-0.1, -0.05) is 23.8 Å². The summed E-state index contributed by atoms with van der Waals surface area (Å²) in [5, 5.41) is 3.56. The number of pyridine rings is 1. The van der Waals surface area contributed by atoms with Crippen LogP contribution in [0, 0.1) is 6.92 Å². The number of rotatable bonds is 5. The Kier molecular flexibility index (Phi) is 3.70. The van der Waals surface area contributed by atoms with Gasteiger partial charge in [-0.15, -0.1) is 0 Å². The summed E-state index contributed by atoms with van der Waals surface area (Å²) >= 11 is 0. The molecule has 1 aliphatic rings. The number of nitrogens with zero attached hydrogens (tertiary/aromatic N) is 2. The lowest BCUT2D eigenvalue weighted by atomic mass is 10.2. The topological polar surface area (TPSA) is 28.2 Å². The molecule has 0 radical (unpaired) electrons. The summed E-state index contributed by atoms with van der Waals surface area (Å²) in [7, 11) is 2.08. The summed E-state index contributed by atoms with van der Waals surface area (Å²) in [5.74, 6) is 1.03. The van der Waals surface area contributed by atoms with Gasteiger partial charge >= 0.3 is 0 Å². The molecule has 0 bridgehead atoms. The first-order valence-electron chi connectivity index (χ1n) is 7.22. The number of hydrogen-bond donors (Lipinski definition) is 1. The van der Waals surface area contributed by atoms with E-state index in [4.69, 9.17) is 0 Å². The second-order valence-electron chi connectivity index (χ2n) is 5.54. The van der Waals surface area contributed by atoms with E-state index in [0.29, 0.717) is 6.04 Å². The van der Waals surface area contributed by atoms with Gasteiger partial charge in [-0.3, -0.25) is 0 Å². The summed E-state index contributed by atoms with van der Waals surface area (Å²) < 4.78 is 0. The average molecular weight is 267 g/mol. The fourth-order valence-electron chi connectivity index (χ4n) is 2.30. The van der Waals surface area contributed by atoms with Crippen molar-refractivity contribution in [1.29, 1.82) is 0 Å². The first-order valence-corrected chi connectivity index (χ1v) is 7.22. The number of nitrogens with one attached hydrogen (secondary N) is 1. The Morgan fingerprint density at radius 2 is 1.95 bits per heavy atom. The van der Waals surface area contributed by atoms with Gasteiger partial charge in [0.05, 0.1) is 0 Å². The summed E-state index contributed by atoms with van der Waals surface area (Å²) in [5.41, 5.74) is 3.70. The quantitative estimate of drug-likeness (QED) is 0.900. The molecule has 2 aromatic rings. The van der Waals surface area contributed by atoms with Crippen LogP contribution in [0.5, 0.6) is 0 Å². The summed E-state index contributed by atoms with van der Waals surface area (Å²) in [4.78, 5) is 6.72. The molecule has 1 saturated carbocycles. The number of benzene rings is 1. The van der Waals surface area contributed by atoms with E-state index < -0.39 is 0 Å². The molecule has 0 amide bonds. The molecule has 104 valence electrons. The third-order valence-corrected chi connectivity index (χ3v) is 3.77. The molecular weight excluding hydrogens is 246 g/mol. The first kappa shape index (κ1) is 13.1. The van der Waals surface area contributed by atoms with Crippen LogP contribution < -0.4 is 10.2 Å². The number of aromatic nitrogens is 1. The molecule has 0 aliphatic heterocycles. The van der Waals surface area contributed by atoms with Gasteiger partial charge in [-0.05, 0) is 38.0 Å². The third-order valence-electron chi connectivity index (χ3n) is 3.77. The molecule has 0 saturated heterocycles. The summed E-state index contributed by atoms with van der Waals surface area (Å²) in [6.45, 7) is 3.00. The van der Waals surface area contributed by atoms with E-state index in [0.717, 1.165) is 12.4 Å². The Bertz CT molecular complexity index is 573. The lowest BCUT2D eigenvalue weighted by Gasteiger charge is -2.21. The Labute approximate surface area is 120 Å². The zero-order chi connectivity index (χ0) is 13.9. The molecule has 0 unspecified atom stereocenters. The standard InChI is InChI=1S/C17H21N3/c1-13-5-9-16(10-6-13)20(2)17-14(4-3-11-18-17)12-19-15-7-8-15/h3-6,9-11,15,19H,7-8,12H2,1-2H3. The van der Waals surface area contributed by atoms with Crippen molar-refractivity contribution in [3.05, 3.63) is 53.7 Å². The van der Waals surface area contributed by atoms with Crippen molar-refractivity contribution < 1.29 is 0 Å². The smallest absolute Gasteiger partial charge is 0.137 e. The minimum Gasteiger partial charge on any atom is -0.329 e. The van der Waals surface area contributed by atoms with Crippen molar-refractivity contribution in [3.63, 3.8) is 0 Å². The predicted molar refractivity (Wildman–Crippen MR) is 83.3 cm³/mol. The van der Waals surface area contributed by atoms with Crippen molar-refractivity contribution >= 4 is 11.5 Å². The van der Waals surface area contributed by atoms with Gasteiger partial charge in [0, 0.05) is 37.1 Å². The number of anilines is 2. The van der Waals surface area contributed by atoms with Gasteiger partial charge in [-0.2, -0.15) is 0 Å². The molecule has 3 nitrogen and oxygen atoms in total. The first-order chi connectivity index (χ1) is 9.74. The van der Waals surface area contributed by atoms with Gasteiger partial charge in [0.2, 0.25) is 0 Å². The van der Waals surface area contributed by atoms with Gasteiger partial charge in [-0.25, -0.2) is 4.98 Å². The van der Waals surface area contributed by atoms with Crippen molar-refractivity contribution in [3.8, 4) is 0 Å². The molecule has 20 heavy (non-hydrogen) atoms. The van der Waals surface area contributed by atoms with Crippen LogP contribution in [0.15, 0.2) is 42.6 Å². The molecule has 1 N–H and O–H groups in total. The maximum atomic E-state index is 4.56. The zero-order valence-corrected chi connectivity index (χ0v) is 12.1. The minimum atomic E-state index is 0.715. The van der Waals surface area contributed by atoms with Crippen LogP contribution in [0.3, 0.4) is 0 Å². The van der Waals surface area contributed by atoms with Crippen molar-refractivity contribution in [2.24, 2.45) is 0 Å². The molecule has 3 rings (SSSR count). The third kappa shape index (κ3) is 2.99. The van der Waals surface area contributed by atoms with Crippen LogP contribution in [0.25, 0.3) is 0 Å². The van der Waals surface area contributed by atoms with Gasteiger partial charge < -0.3 is 10.2 Å². The molecule has 1 aliphatic carbocycles. The summed E-state index contributed by atoms with van der Waals surface area (Å²) in [6.07, 6.45) is 4.48. The van der Waals surface area contributed by atoms with Gasteiger partial charge in [0.15, 0.2) is 0 Å². The van der Waals surface area contributed by atoms with Crippen molar-refractivity contribution in [2.75, 3.05) is 11.9 Å². The van der Waals surface area contributed by atoms with Crippen LogP contribution in [0.4, 0.5) is 11.5 Å². The molecular formula is C17H21N3. The average Bonchev–Trinajstić information content (AvgIpc) is 3.30. The Balaban J connectivity index is 1.82. The van der Waals surface area contributed by atoms with Crippen molar-refractivity contribution in [1.82, 2.24) is 10.3 Å². The Morgan fingerprint density at radius 3 is 2.65 bits per heavy atom. The van der Waals surface area contributed by atoms with E-state index in [1.807, 2.05) is 12.3 Å². The molecule has 1 fully saturated rings. The molecule has 0 spiro atoms. The van der Waals surface area contributed by atoms with Crippen LogP contribution in [-0.2, 0) is 6.54 Å². The maximum Gasteiger partial charge on any atom is 0.137 e. The molecule has 1 heterocycles. The van der Waals surface area contributed by atoms with E-state index in [1.165, 1.54) is 29.7 Å². The zero-order valence-electron chi connectivity index (χ0n) is 12.1. The molecule has 3 heteroatoms. The second-order valence-corrected chi connectivity index (χ2v) is 5.54. The van der Waals surface area contributed by atoms with Gasteiger partial charge in [0.1, 0.15) is 5.82 Å². The second kappa shape index (κ2) is 5.63. The van der Waals surface area contributed by atoms with Gasteiger partial charge in [0.25, 0.3) is 0 Å². The SMILES string of the molecule is Cc1ccc(N(C)c2ncccc2CNC2CC2)cc1. The fraction of sp³-hybridized carbons (Fsp3) is 0.353. The van der Waals surface area contributed by atoms with Crippen molar-refractivity contribution in [2.45, 2.75) is 32.4 Å². The Morgan fingerprint density at radius 1 is 1.20 bits per heavy atom. The van der Waals surface area contributed by atoms with E-state index in [-0.39, 0.29) is 0 Å².